The summed E-state index contributed by atoms with van der Waals surface area (Å²) in [5.41, 5.74) is 0.619. The van der Waals surface area contributed by atoms with Crippen LogP contribution in [0.4, 0.5) is 4.79 Å². The molecule has 0 aromatic heterocycles. The molecule has 0 radical (unpaired) electrons. The van der Waals surface area contributed by atoms with Gasteiger partial charge in [0.1, 0.15) is 6.04 Å². The maximum Gasteiger partial charge on any atom is 0.405 e. The average Bonchev–Trinajstić information content (AvgIpc) is 2.34. The summed E-state index contributed by atoms with van der Waals surface area (Å²) in [5.74, 6) is -4.27. The number of benzene rings is 1. The topological polar surface area (TPSA) is 124 Å². The van der Waals surface area contributed by atoms with Gasteiger partial charge in [0, 0.05) is 0 Å². The van der Waals surface area contributed by atoms with E-state index in [-0.39, 0.29) is 6.42 Å². The van der Waals surface area contributed by atoms with Crippen molar-refractivity contribution in [3.63, 3.8) is 0 Å². The molecule has 7 heteroatoms. The van der Waals surface area contributed by atoms with Crippen molar-refractivity contribution in [2.45, 2.75) is 12.5 Å². The third kappa shape index (κ3) is 4.30. The van der Waals surface area contributed by atoms with Crippen LogP contribution in [0.5, 0.6) is 0 Å². The summed E-state index contributed by atoms with van der Waals surface area (Å²) in [6, 6.07) is 6.72. The van der Waals surface area contributed by atoms with Crippen LogP contribution < -0.4 is 5.32 Å². The van der Waals surface area contributed by atoms with E-state index in [4.69, 9.17) is 15.3 Å². The number of hydrogen-bond acceptors (Lipinski definition) is 3. The third-order valence-corrected chi connectivity index (χ3v) is 2.56. The van der Waals surface area contributed by atoms with Crippen molar-refractivity contribution in [1.29, 1.82) is 0 Å². The van der Waals surface area contributed by atoms with Gasteiger partial charge in [-0.25, -0.2) is 9.59 Å². The zero-order valence-corrected chi connectivity index (χ0v) is 9.81. The SMILES string of the molecule is O=C(O)N[C@H](C(=O)O)C(Cc1ccccc1)C(=O)O. The van der Waals surface area contributed by atoms with Crippen LogP contribution in [-0.4, -0.2) is 39.4 Å². The number of carboxylic acid groups (broad SMARTS) is 3. The highest BCUT2D eigenvalue weighted by Gasteiger charge is 2.35. The van der Waals surface area contributed by atoms with E-state index in [0.717, 1.165) is 0 Å². The molecule has 0 saturated carbocycles. The monoisotopic (exact) mass is 267 g/mol. The zero-order valence-electron chi connectivity index (χ0n) is 9.81. The minimum Gasteiger partial charge on any atom is -0.481 e. The van der Waals surface area contributed by atoms with Crippen LogP contribution >= 0.6 is 0 Å². The Morgan fingerprint density at radius 2 is 1.58 bits per heavy atom. The van der Waals surface area contributed by atoms with E-state index in [1.807, 2.05) is 0 Å². The van der Waals surface area contributed by atoms with Gasteiger partial charge in [0.05, 0.1) is 5.92 Å². The lowest BCUT2D eigenvalue weighted by atomic mass is 9.92. The molecule has 102 valence electrons. The normalized spacial score (nSPS) is 13.3. The first-order chi connectivity index (χ1) is 8.91. The maximum atomic E-state index is 11.1. The standard InChI is InChI=1S/C12H13NO6/c14-10(15)8(6-7-4-2-1-3-5-7)9(11(16)17)13-12(18)19/h1-5,8-9,13H,6H2,(H,14,15)(H,16,17)(H,18,19)/t8?,9-/m0/s1. The predicted octanol–water partition coefficient (Wildman–Crippen LogP) is 0.651. The van der Waals surface area contributed by atoms with Crippen LogP contribution in [-0.2, 0) is 16.0 Å². The van der Waals surface area contributed by atoms with E-state index < -0.39 is 30.0 Å². The lowest BCUT2D eigenvalue weighted by Gasteiger charge is -2.20. The van der Waals surface area contributed by atoms with E-state index in [1.165, 1.54) is 0 Å². The molecule has 0 aliphatic rings. The van der Waals surface area contributed by atoms with Gasteiger partial charge in [-0.1, -0.05) is 30.3 Å². The first-order valence-corrected chi connectivity index (χ1v) is 5.41. The van der Waals surface area contributed by atoms with Crippen LogP contribution in [0.15, 0.2) is 30.3 Å². The largest absolute Gasteiger partial charge is 0.481 e. The Bertz CT molecular complexity index is 472. The Kier molecular flexibility index (Phi) is 4.87. The van der Waals surface area contributed by atoms with Crippen molar-refractivity contribution >= 4 is 18.0 Å². The minimum absolute atomic E-state index is 0.0760. The lowest BCUT2D eigenvalue weighted by Crippen LogP contribution is -2.48. The quantitative estimate of drug-likeness (QED) is 0.600. The number of carbonyl (C=O) groups is 3. The molecule has 0 aliphatic carbocycles. The summed E-state index contributed by atoms with van der Waals surface area (Å²) in [6.45, 7) is 0. The Balaban J connectivity index is 2.94. The van der Waals surface area contributed by atoms with E-state index in [9.17, 15) is 14.4 Å². The van der Waals surface area contributed by atoms with Crippen molar-refractivity contribution in [1.82, 2.24) is 5.32 Å². The van der Waals surface area contributed by atoms with Gasteiger partial charge in [-0.2, -0.15) is 0 Å². The van der Waals surface area contributed by atoms with Gasteiger partial charge in [0.15, 0.2) is 0 Å². The second-order valence-electron chi connectivity index (χ2n) is 3.90. The molecule has 0 spiro atoms. The lowest BCUT2D eigenvalue weighted by molar-refractivity contribution is -0.150. The minimum atomic E-state index is -1.70. The molecule has 1 aromatic carbocycles. The summed E-state index contributed by atoms with van der Waals surface area (Å²) >= 11 is 0. The van der Waals surface area contributed by atoms with E-state index in [0.29, 0.717) is 5.56 Å². The molecule has 1 aromatic rings. The Morgan fingerprint density at radius 1 is 1.00 bits per heavy atom. The van der Waals surface area contributed by atoms with Crippen molar-refractivity contribution in [2.24, 2.45) is 5.92 Å². The van der Waals surface area contributed by atoms with Crippen LogP contribution in [0.2, 0.25) is 0 Å². The highest BCUT2D eigenvalue weighted by atomic mass is 16.4. The molecule has 1 unspecified atom stereocenters. The van der Waals surface area contributed by atoms with Gasteiger partial charge in [-0.15, -0.1) is 0 Å². The second kappa shape index (κ2) is 6.39. The molecule has 0 fully saturated rings. The fourth-order valence-electron chi connectivity index (χ4n) is 1.68. The van der Waals surface area contributed by atoms with Crippen molar-refractivity contribution in [3.8, 4) is 0 Å². The molecular weight excluding hydrogens is 254 g/mol. The summed E-state index contributed by atoms with van der Waals surface area (Å²) < 4.78 is 0. The Hall–Kier alpha value is -2.57. The summed E-state index contributed by atoms with van der Waals surface area (Å²) in [4.78, 5) is 32.6. The smallest absolute Gasteiger partial charge is 0.405 e. The number of carboxylic acids is 2. The predicted molar refractivity (Wildman–Crippen MR) is 63.9 cm³/mol. The van der Waals surface area contributed by atoms with Crippen molar-refractivity contribution in [2.75, 3.05) is 0 Å². The number of nitrogens with one attached hydrogen (secondary N) is 1. The number of hydrogen-bond donors (Lipinski definition) is 4. The zero-order chi connectivity index (χ0) is 14.4. The second-order valence-corrected chi connectivity index (χ2v) is 3.90. The molecule has 0 bridgehead atoms. The molecule has 0 aliphatic heterocycles. The first-order valence-electron chi connectivity index (χ1n) is 5.41. The number of aliphatic carboxylic acids is 2. The summed E-state index contributed by atoms with van der Waals surface area (Å²) in [6.07, 6.45) is -1.65. The van der Waals surface area contributed by atoms with Crippen LogP contribution in [0, 0.1) is 5.92 Å². The number of amides is 1. The van der Waals surface area contributed by atoms with Gasteiger partial charge in [-0.05, 0) is 12.0 Å². The first kappa shape index (κ1) is 14.5. The highest BCUT2D eigenvalue weighted by molar-refractivity contribution is 5.86. The summed E-state index contributed by atoms with van der Waals surface area (Å²) in [7, 11) is 0. The Morgan fingerprint density at radius 3 is 2.00 bits per heavy atom. The van der Waals surface area contributed by atoms with Gasteiger partial charge in [0.25, 0.3) is 0 Å². The Labute approximate surface area is 108 Å². The van der Waals surface area contributed by atoms with Crippen molar-refractivity contribution in [3.05, 3.63) is 35.9 Å². The van der Waals surface area contributed by atoms with Crippen LogP contribution in [0.1, 0.15) is 5.56 Å². The summed E-state index contributed by atoms with van der Waals surface area (Å²) in [5, 5.41) is 28.3. The molecule has 19 heavy (non-hydrogen) atoms. The molecule has 2 atom stereocenters. The van der Waals surface area contributed by atoms with Crippen LogP contribution in [0.3, 0.4) is 0 Å². The molecule has 1 amide bonds. The average molecular weight is 267 g/mol. The van der Waals surface area contributed by atoms with Crippen LogP contribution in [0.25, 0.3) is 0 Å². The fraction of sp³-hybridized carbons (Fsp3) is 0.250. The number of rotatable bonds is 6. The fourth-order valence-corrected chi connectivity index (χ4v) is 1.68. The van der Waals surface area contributed by atoms with Gasteiger partial charge >= 0.3 is 18.0 Å². The molecular formula is C12H13NO6. The van der Waals surface area contributed by atoms with E-state index in [2.05, 4.69) is 0 Å². The van der Waals surface area contributed by atoms with Gasteiger partial charge < -0.3 is 20.6 Å². The van der Waals surface area contributed by atoms with Gasteiger partial charge in [0.2, 0.25) is 0 Å². The third-order valence-electron chi connectivity index (χ3n) is 2.56. The van der Waals surface area contributed by atoms with E-state index in [1.54, 1.807) is 35.6 Å². The molecule has 1 rings (SSSR count). The maximum absolute atomic E-state index is 11.1. The molecule has 0 heterocycles. The highest BCUT2D eigenvalue weighted by Crippen LogP contribution is 2.14. The van der Waals surface area contributed by atoms with Gasteiger partial charge in [-0.3, -0.25) is 4.79 Å². The molecule has 0 saturated heterocycles. The van der Waals surface area contributed by atoms with E-state index >= 15 is 0 Å². The molecule has 4 N–H and O–H groups in total. The van der Waals surface area contributed by atoms with Crippen molar-refractivity contribution < 1.29 is 29.7 Å². The molecule has 7 nitrogen and oxygen atoms in total.